The highest BCUT2D eigenvalue weighted by molar-refractivity contribution is 7.15. The van der Waals surface area contributed by atoms with Gasteiger partial charge in [0, 0.05) is 36.8 Å². The van der Waals surface area contributed by atoms with Crippen LogP contribution in [0.4, 0.5) is 0 Å². The average Bonchev–Trinajstić information content (AvgIpc) is 2.90. The topological polar surface area (TPSA) is 37.6 Å². The van der Waals surface area contributed by atoms with Crippen LogP contribution in [0.25, 0.3) is 4.96 Å². The second kappa shape index (κ2) is 7.50. The molecule has 0 spiro atoms. The van der Waals surface area contributed by atoms with Gasteiger partial charge in [0.2, 0.25) is 0 Å². The number of benzene rings is 1. The van der Waals surface area contributed by atoms with E-state index in [-0.39, 0.29) is 5.56 Å². The van der Waals surface area contributed by atoms with Crippen LogP contribution in [0.3, 0.4) is 0 Å². The van der Waals surface area contributed by atoms with E-state index in [0.29, 0.717) is 12.5 Å². The predicted octanol–water partition coefficient (Wildman–Crippen LogP) is 4.03. The Morgan fingerprint density at radius 2 is 1.88 bits per heavy atom. The summed E-state index contributed by atoms with van der Waals surface area (Å²) >= 11 is 1.52. The van der Waals surface area contributed by atoms with Gasteiger partial charge in [-0.05, 0) is 25.3 Å². The van der Waals surface area contributed by atoms with Crippen LogP contribution in [0.5, 0.6) is 0 Å². The van der Waals surface area contributed by atoms with Crippen LogP contribution in [0.2, 0.25) is 0 Å². The lowest BCUT2D eigenvalue weighted by molar-refractivity contribution is 0.225. The van der Waals surface area contributed by atoms with Crippen molar-refractivity contribution in [2.75, 3.05) is 6.54 Å². The summed E-state index contributed by atoms with van der Waals surface area (Å²) in [6, 6.07) is 10.3. The van der Waals surface area contributed by atoms with Gasteiger partial charge in [-0.3, -0.25) is 14.1 Å². The minimum Gasteiger partial charge on any atom is -0.293 e. The van der Waals surface area contributed by atoms with Crippen molar-refractivity contribution >= 4 is 16.3 Å². The molecule has 132 valence electrons. The summed E-state index contributed by atoms with van der Waals surface area (Å²) in [7, 11) is 0. The van der Waals surface area contributed by atoms with Crippen molar-refractivity contribution in [3.05, 3.63) is 68.6 Å². The summed E-state index contributed by atoms with van der Waals surface area (Å²) in [4.78, 5) is 20.2. The van der Waals surface area contributed by atoms with Crippen LogP contribution in [-0.4, -0.2) is 20.8 Å². The van der Waals surface area contributed by atoms with Gasteiger partial charge in [0.25, 0.3) is 5.56 Å². The Balaban J connectivity index is 1.84. The van der Waals surface area contributed by atoms with Gasteiger partial charge in [0.1, 0.15) is 0 Å². The third-order valence-electron chi connectivity index (χ3n) is 4.16. The highest BCUT2D eigenvalue weighted by Crippen LogP contribution is 2.15. The Labute approximate surface area is 152 Å². The summed E-state index contributed by atoms with van der Waals surface area (Å²) in [6.07, 6.45) is 0. The van der Waals surface area contributed by atoms with E-state index in [1.165, 1.54) is 22.5 Å². The van der Waals surface area contributed by atoms with Gasteiger partial charge in [-0.15, -0.1) is 11.3 Å². The molecule has 4 nitrogen and oxygen atoms in total. The van der Waals surface area contributed by atoms with E-state index >= 15 is 0 Å². The highest BCUT2D eigenvalue weighted by Gasteiger charge is 2.13. The van der Waals surface area contributed by atoms with Gasteiger partial charge in [-0.25, -0.2) is 4.98 Å². The van der Waals surface area contributed by atoms with Crippen LogP contribution in [0.15, 0.2) is 40.5 Å². The molecule has 0 unspecified atom stereocenters. The van der Waals surface area contributed by atoms with E-state index < -0.39 is 0 Å². The summed E-state index contributed by atoms with van der Waals surface area (Å²) in [5, 5.41) is 1.98. The molecule has 0 saturated heterocycles. The first-order valence-corrected chi connectivity index (χ1v) is 9.55. The van der Waals surface area contributed by atoms with E-state index in [4.69, 9.17) is 4.98 Å². The van der Waals surface area contributed by atoms with E-state index in [2.05, 4.69) is 49.9 Å². The molecule has 2 heterocycles. The predicted molar refractivity (Wildman–Crippen MR) is 104 cm³/mol. The maximum absolute atomic E-state index is 12.4. The number of aromatic nitrogens is 2. The van der Waals surface area contributed by atoms with Crippen LogP contribution in [0.1, 0.15) is 36.4 Å². The Bertz CT molecular complexity index is 909. The van der Waals surface area contributed by atoms with Gasteiger partial charge in [0.15, 0.2) is 4.96 Å². The molecule has 0 aliphatic heterocycles. The number of hydrogen-bond donors (Lipinski definition) is 0. The number of hydrogen-bond acceptors (Lipinski definition) is 4. The third-order valence-corrected chi connectivity index (χ3v) is 5.11. The molecule has 0 fully saturated rings. The zero-order chi connectivity index (χ0) is 18.0. The zero-order valence-corrected chi connectivity index (χ0v) is 16.1. The highest BCUT2D eigenvalue weighted by atomic mass is 32.1. The zero-order valence-electron chi connectivity index (χ0n) is 15.3. The maximum Gasteiger partial charge on any atom is 0.259 e. The fourth-order valence-corrected chi connectivity index (χ4v) is 3.95. The largest absolute Gasteiger partial charge is 0.293 e. The van der Waals surface area contributed by atoms with Gasteiger partial charge < -0.3 is 0 Å². The van der Waals surface area contributed by atoms with E-state index in [1.807, 2.05) is 12.3 Å². The number of aryl methyl sites for hydroxylation is 2. The molecule has 0 aliphatic rings. The molecule has 5 heteroatoms. The van der Waals surface area contributed by atoms with Gasteiger partial charge in [-0.1, -0.05) is 43.7 Å². The Morgan fingerprint density at radius 1 is 1.16 bits per heavy atom. The number of thiazole rings is 1. The molecule has 0 N–H and O–H groups in total. The van der Waals surface area contributed by atoms with E-state index in [1.54, 1.807) is 10.5 Å². The first-order chi connectivity index (χ1) is 11.9. The Morgan fingerprint density at radius 3 is 2.56 bits per heavy atom. The van der Waals surface area contributed by atoms with Crippen molar-refractivity contribution in [1.82, 2.24) is 14.3 Å². The normalized spacial score (nSPS) is 11.8. The van der Waals surface area contributed by atoms with Crippen molar-refractivity contribution < 1.29 is 0 Å². The molecule has 3 rings (SSSR count). The second-order valence-electron chi connectivity index (χ2n) is 7.13. The molecule has 2 aromatic heterocycles. The molecule has 0 aliphatic carbocycles. The molecular formula is C20H25N3OS. The fraction of sp³-hybridized carbons (Fsp3) is 0.400. The average molecular weight is 356 g/mol. The minimum absolute atomic E-state index is 0.0126. The fourth-order valence-electron chi connectivity index (χ4n) is 3.06. The molecule has 1 aromatic carbocycles. The number of fused-ring (bicyclic) bond motifs is 1. The maximum atomic E-state index is 12.4. The number of rotatable bonds is 6. The summed E-state index contributed by atoms with van der Waals surface area (Å²) < 4.78 is 1.68. The molecule has 0 amide bonds. The molecule has 0 saturated carbocycles. The van der Waals surface area contributed by atoms with Crippen LogP contribution >= 0.6 is 11.3 Å². The van der Waals surface area contributed by atoms with Crippen LogP contribution in [-0.2, 0) is 13.1 Å². The lowest BCUT2D eigenvalue weighted by Crippen LogP contribution is -2.28. The van der Waals surface area contributed by atoms with Crippen LogP contribution < -0.4 is 5.56 Å². The van der Waals surface area contributed by atoms with Crippen molar-refractivity contribution in [3.63, 3.8) is 0 Å². The van der Waals surface area contributed by atoms with Crippen molar-refractivity contribution in [2.45, 2.75) is 40.8 Å². The lowest BCUT2D eigenvalue weighted by atomic mass is 10.1. The van der Waals surface area contributed by atoms with Crippen LogP contribution in [0, 0.1) is 19.8 Å². The molecule has 25 heavy (non-hydrogen) atoms. The first-order valence-electron chi connectivity index (χ1n) is 8.67. The Hall–Kier alpha value is -1.98. The van der Waals surface area contributed by atoms with Crippen molar-refractivity contribution in [1.29, 1.82) is 0 Å². The quantitative estimate of drug-likeness (QED) is 0.670. The monoisotopic (exact) mass is 355 g/mol. The first kappa shape index (κ1) is 17.8. The van der Waals surface area contributed by atoms with Gasteiger partial charge in [0.05, 0.1) is 5.69 Å². The SMILES string of the molecule is Cc1ccc(CN(Cc2cc(=O)n3c(C)csc3n2)CC(C)C)cc1. The lowest BCUT2D eigenvalue weighted by Gasteiger charge is -2.24. The van der Waals surface area contributed by atoms with Gasteiger partial charge in [-0.2, -0.15) is 0 Å². The molecular weight excluding hydrogens is 330 g/mol. The standard InChI is InChI=1S/C20H25N3OS/c1-14(2)10-22(11-17-7-5-15(3)6-8-17)12-18-9-19(24)23-16(4)13-25-20(23)21-18/h5-9,13-14H,10-12H2,1-4H3. The van der Waals surface area contributed by atoms with Crippen molar-refractivity contribution in [2.24, 2.45) is 5.92 Å². The second-order valence-corrected chi connectivity index (χ2v) is 7.97. The molecule has 0 bridgehead atoms. The number of nitrogens with zero attached hydrogens (tertiary/aromatic N) is 3. The van der Waals surface area contributed by atoms with Crippen molar-refractivity contribution in [3.8, 4) is 0 Å². The minimum atomic E-state index is 0.0126. The molecule has 0 radical (unpaired) electrons. The summed E-state index contributed by atoms with van der Waals surface area (Å²) in [6.45, 7) is 11.0. The third kappa shape index (κ3) is 4.35. The molecule has 3 aromatic rings. The molecule has 0 atom stereocenters. The van der Waals surface area contributed by atoms with Gasteiger partial charge >= 0.3 is 0 Å². The summed E-state index contributed by atoms with van der Waals surface area (Å²) in [5.74, 6) is 0.555. The smallest absolute Gasteiger partial charge is 0.259 e. The summed E-state index contributed by atoms with van der Waals surface area (Å²) in [5.41, 5.74) is 4.37. The van der Waals surface area contributed by atoms with E-state index in [9.17, 15) is 4.79 Å². The van der Waals surface area contributed by atoms with E-state index in [0.717, 1.165) is 29.4 Å². The Kier molecular flexibility index (Phi) is 5.35.